The van der Waals surface area contributed by atoms with Gasteiger partial charge in [-0.1, -0.05) is 11.6 Å². The largest absolute Gasteiger partial charge is 0.450 e. The van der Waals surface area contributed by atoms with Crippen molar-refractivity contribution in [2.45, 2.75) is 31.2 Å². The first-order valence-corrected chi connectivity index (χ1v) is 11.6. The number of aliphatic hydroxyl groups excluding tert-OH is 1. The number of halogens is 4. The van der Waals surface area contributed by atoms with Crippen LogP contribution in [-0.2, 0) is 13.2 Å². The first-order chi connectivity index (χ1) is 18.1. The van der Waals surface area contributed by atoms with Crippen molar-refractivity contribution in [3.63, 3.8) is 0 Å². The number of nitrogens with one attached hydrogen (secondary N) is 1. The molecule has 1 aliphatic rings. The smallest absolute Gasteiger partial charge is 0.417 e. The van der Waals surface area contributed by atoms with E-state index in [9.17, 15) is 23.1 Å². The predicted octanol–water partition coefficient (Wildman–Crippen LogP) is 3.37. The highest BCUT2D eigenvalue weighted by Gasteiger charge is 2.36. The summed E-state index contributed by atoms with van der Waals surface area (Å²) in [4.78, 5) is 29.6. The molecule has 4 heterocycles. The van der Waals surface area contributed by atoms with Gasteiger partial charge < -0.3 is 30.0 Å². The third-order valence-electron chi connectivity index (χ3n) is 6.17. The monoisotopic (exact) mass is 548 g/mol. The summed E-state index contributed by atoms with van der Waals surface area (Å²) in [7, 11) is 1.54. The van der Waals surface area contributed by atoms with Gasteiger partial charge in [0.1, 0.15) is 21.9 Å². The maximum absolute atomic E-state index is 13.6. The molecule has 0 aliphatic heterocycles. The average Bonchev–Trinajstić information content (AvgIpc) is 3.20. The van der Waals surface area contributed by atoms with Gasteiger partial charge in [-0.3, -0.25) is 9.78 Å². The summed E-state index contributed by atoms with van der Waals surface area (Å²) in [5.41, 5.74) is 4.29. The highest BCUT2D eigenvalue weighted by Crippen LogP contribution is 2.37. The van der Waals surface area contributed by atoms with Crippen molar-refractivity contribution in [1.82, 2.24) is 29.1 Å². The summed E-state index contributed by atoms with van der Waals surface area (Å²) < 4.78 is 49.0. The zero-order chi connectivity index (χ0) is 27.2. The van der Waals surface area contributed by atoms with Crippen molar-refractivity contribution in [2.75, 3.05) is 5.32 Å². The number of hydrogen-bond acceptors (Lipinski definition) is 9. The molecular weight excluding hydrogens is 529 g/mol. The number of ether oxygens (including phenoxy) is 1. The molecule has 15 heteroatoms. The van der Waals surface area contributed by atoms with Gasteiger partial charge in [0.05, 0.1) is 30.1 Å². The first-order valence-electron chi connectivity index (χ1n) is 11.2. The van der Waals surface area contributed by atoms with E-state index in [-0.39, 0.29) is 39.3 Å². The molecule has 4 aromatic rings. The summed E-state index contributed by atoms with van der Waals surface area (Å²) >= 11 is 6.58. The molecule has 0 bridgehead atoms. The summed E-state index contributed by atoms with van der Waals surface area (Å²) in [6, 6.07) is -0.0489. The van der Waals surface area contributed by atoms with Gasteiger partial charge in [0.15, 0.2) is 17.2 Å². The van der Waals surface area contributed by atoms with Crippen molar-refractivity contribution in [1.29, 1.82) is 0 Å². The van der Waals surface area contributed by atoms with E-state index in [0.717, 1.165) is 10.8 Å². The van der Waals surface area contributed by atoms with Crippen molar-refractivity contribution < 1.29 is 23.0 Å². The van der Waals surface area contributed by atoms with Crippen LogP contribution in [0.25, 0.3) is 16.9 Å². The Bertz CT molecular complexity index is 1600. The zero-order valence-electron chi connectivity index (χ0n) is 19.6. The van der Waals surface area contributed by atoms with Crippen molar-refractivity contribution in [3.05, 3.63) is 69.9 Å². The van der Waals surface area contributed by atoms with Crippen LogP contribution in [0.3, 0.4) is 0 Å². The van der Waals surface area contributed by atoms with Crippen LogP contribution < -0.4 is 21.3 Å². The van der Waals surface area contributed by atoms with Crippen LogP contribution in [0.4, 0.5) is 24.8 Å². The van der Waals surface area contributed by atoms with E-state index in [0.29, 0.717) is 24.6 Å². The second kappa shape index (κ2) is 9.61. The lowest BCUT2D eigenvalue weighted by Gasteiger charge is -2.34. The molecule has 4 aromatic heterocycles. The number of aryl methyl sites for hydroxylation is 1. The van der Waals surface area contributed by atoms with Crippen LogP contribution in [0, 0.1) is 0 Å². The highest BCUT2D eigenvalue weighted by atomic mass is 35.5. The van der Waals surface area contributed by atoms with Crippen LogP contribution >= 0.6 is 11.6 Å². The molecule has 38 heavy (non-hydrogen) atoms. The number of aliphatic hydroxyl groups is 1. The highest BCUT2D eigenvalue weighted by molar-refractivity contribution is 6.36. The number of hydrogen-bond donors (Lipinski definition) is 3. The second-order valence-corrected chi connectivity index (χ2v) is 8.89. The van der Waals surface area contributed by atoms with Crippen LogP contribution in [0.5, 0.6) is 5.75 Å². The van der Waals surface area contributed by atoms with Gasteiger partial charge in [-0.25, -0.2) is 9.97 Å². The van der Waals surface area contributed by atoms with Gasteiger partial charge in [0.2, 0.25) is 5.95 Å². The van der Waals surface area contributed by atoms with Gasteiger partial charge in [-0.15, -0.1) is 0 Å². The minimum Gasteiger partial charge on any atom is -0.450 e. The molecule has 0 amide bonds. The standard InChI is InChI=1S/C23H20ClF3N8O3/c1-34-19-18(24)17(38-16(7-28)13-8-29-4-5-30-13)9-31-20(19)33-22(34)32-12-6-11(23(25,26)27)10-35(21(12)37)14-2-3-15(14)36/h4-10,14-15,36H,2-3,28H2,1H3,(H,31,32,33)/b16-7+/t14-,15+/m1/s1. The van der Waals surface area contributed by atoms with E-state index >= 15 is 0 Å². The van der Waals surface area contributed by atoms with Gasteiger partial charge in [-0.2, -0.15) is 18.2 Å². The van der Waals surface area contributed by atoms with Crippen LogP contribution in [0.15, 0.2) is 48.0 Å². The normalized spacial score (nSPS) is 17.9. The van der Waals surface area contributed by atoms with E-state index in [1.54, 1.807) is 7.05 Å². The molecule has 5 rings (SSSR count). The number of nitrogens with two attached hydrogens (primary N) is 1. The number of anilines is 2. The first kappa shape index (κ1) is 25.5. The van der Waals surface area contributed by atoms with Crippen molar-refractivity contribution in [3.8, 4) is 5.75 Å². The van der Waals surface area contributed by atoms with Gasteiger partial charge in [-0.05, 0) is 18.9 Å². The summed E-state index contributed by atoms with van der Waals surface area (Å²) in [6.45, 7) is 0. The molecule has 198 valence electrons. The van der Waals surface area contributed by atoms with E-state index in [1.165, 1.54) is 35.6 Å². The molecule has 4 N–H and O–H groups in total. The molecule has 1 fully saturated rings. The Balaban J connectivity index is 1.53. The van der Waals surface area contributed by atoms with Crippen LogP contribution in [-0.4, -0.2) is 40.3 Å². The Morgan fingerprint density at radius 1 is 1.29 bits per heavy atom. The predicted molar refractivity (Wildman–Crippen MR) is 132 cm³/mol. The van der Waals surface area contributed by atoms with Crippen molar-refractivity contribution >= 4 is 40.2 Å². The van der Waals surface area contributed by atoms with E-state index in [4.69, 9.17) is 22.1 Å². The Kier molecular flexibility index (Phi) is 6.44. The van der Waals surface area contributed by atoms with Gasteiger partial charge in [0, 0.05) is 31.8 Å². The zero-order valence-corrected chi connectivity index (χ0v) is 20.4. The number of fused-ring (bicyclic) bond motifs is 1. The molecule has 2 atom stereocenters. The SMILES string of the molecule is Cn1c(Nc2cc(C(F)(F)F)cn([C@@H]3CC[C@@H]3O)c2=O)nc2ncc(O/C(=C/N)c3cnccn3)c(Cl)c21. The molecule has 0 aromatic carbocycles. The summed E-state index contributed by atoms with van der Waals surface area (Å²) in [5, 5.41) is 12.7. The molecule has 0 unspecified atom stereocenters. The molecule has 0 spiro atoms. The molecule has 1 aliphatic carbocycles. The maximum Gasteiger partial charge on any atom is 0.417 e. The van der Waals surface area contributed by atoms with Gasteiger partial charge >= 0.3 is 6.18 Å². The fourth-order valence-corrected chi connectivity index (χ4v) is 4.31. The Labute approximate surface area is 217 Å². The molecule has 11 nitrogen and oxygen atoms in total. The topological polar surface area (TPSA) is 146 Å². The Morgan fingerprint density at radius 3 is 2.68 bits per heavy atom. The second-order valence-electron chi connectivity index (χ2n) is 8.52. The van der Waals surface area contributed by atoms with Crippen LogP contribution in [0.2, 0.25) is 5.02 Å². The third-order valence-corrected chi connectivity index (χ3v) is 6.53. The van der Waals surface area contributed by atoms with Gasteiger partial charge in [0.25, 0.3) is 5.56 Å². The lowest BCUT2D eigenvalue weighted by atomic mass is 9.89. The van der Waals surface area contributed by atoms with E-state index in [1.807, 2.05) is 0 Å². The number of aromatic nitrogens is 6. The molecule has 1 saturated carbocycles. The minimum absolute atomic E-state index is 0.00667. The lowest BCUT2D eigenvalue weighted by Crippen LogP contribution is -2.40. The number of pyridine rings is 2. The number of nitrogens with zero attached hydrogens (tertiary/aromatic N) is 6. The summed E-state index contributed by atoms with van der Waals surface area (Å²) in [6.07, 6.45) is 2.73. The fraction of sp³-hybridized carbons (Fsp3) is 0.261. The Morgan fingerprint density at radius 2 is 2.08 bits per heavy atom. The maximum atomic E-state index is 13.6. The number of imidazole rings is 1. The third kappa shape index (κ3) is 4.52. The molecule has 0 radical (unpaired) electrons. The summed E-state index contributed by atoms with van der Waals surface area (Å²) in [5.74, 6) is 0.271. The van der Waals surface area contributed by atoms with E-state index in [2.05, 4.69) is 25.3 Å². The molecular formula is C23H20ClF3N8O3. The lowest BCUT2D eigenvalue weighted by molar-refractivity contribution is -0.138. The van der Waals surface area contributed by atoms with Crippen molar-refractivity contribution in [2.24, 2.45) is 12.8 Å². The van der Waals surface area contributed by atoms with E-state index < -0.39 is 29.4 Å². The quantitative estimate of drug-likeness (QED) is 0.309. The molecule has 0 saturated heterocycles. The van der Waals surface area contributed by atoms with Crippen LogP contribution in [0.1, 0.15) is 30.1 Å². The number of rotatable bonds is 6. The fourth-order valence-electron chi connectivity index (χ4n) is 4.01. The minimum atomic E-state index is -4.72. The Hall–Kier alpha value is -4.17. The average molecular weight is 549 g/mol. The number of alkyl halides is 3.